The fourth-order valence-corrected chi connectivity index (χ4v) is 2.52. The summed E-state index contributed by atoms with van der Waals surface area (Å²) in [5.74, 6) is 0.519. The van der Waals surface area contributed by atoms with Gasteiger partial charge in [0.05, 0.1) is 5.56 Å². The summed E-state index contributed by atoms with van der Waals surface area (Å²) >= 11 is 7.12. The Morgan fingerprint density at radius 1 is 0.962 bits per heavy atom. The standard InChI is InChI=1S/C18H16Br2O.C2H6.CH3FS/c1-2-3-15(13-4-8-16(19)9-5-13)12-18(21)14-6-10-17(20)11-7-14;1-2;1-3-2/h3-12,21H,2H2,1H3;1-2H3;1H3/p+1/b15-3+,18-12-;;. The lowest BCUT2D eigenvalue weighted by Gasteiger charge is -2.04. The summed E-state index contributed by atoms with van der Waals surface area (Å²) in [7, 11) is 0. The summed E-state index contributed by atoms with van der Waals surface area (Å²) < 4.78 is 12.3. The van der Waals surface area contributed by atoms with Gasteiger partial charge < -0.3 is 5.11 Å². The van der Waals surface area contributed by atoms with Crippen LogP contribution in [0.5, 0.6) is 0 Å². The van der Waals surface area contributed by atoms with Crippen molar-refractivity contribution in [3.63, 3.8) is 0 Å². The van der Waals surface area contributed by atoms with Gasteiger partial charge in [0.15, 0.2) is 0 Å². The van der Waals surface area contributed by atoms with E-state index < -0.39 is 0 Å². The molecule has 0 unspecified atom stereocenters. The minimum absolute atomic E-state index is 0.250. The van der Waals surface area contributed by atoms with Crippen molar-refractivity contribution in [3.05, 3.63) is 80.8 Å². The molecule has 0 spiro atoms. The van der Waals surface area contributed by atoms with Crippen LogP contribution in [0, 0.1) is 0 Å². The van der Waals surface area contributed by atoms with Crippen LogP contribution in [0.25, 0.3) is 11.3 Å². The number of benzene rings is 2. The van der Waals surface area contributed by atoms with Crippen LogP contribution in [-0.4, -0.2) is 11.4 Å². The molecule has 2 rings (SSSR count). The molecule has 2 aromatic rings. The Labute approximate surface area is 178 Å². The van der Waals surface area contributed by atoms with E-state index in [1.165, 1.54) is 6.26 Å². The molecular weight excluding hydrogens is 479 g/mol. The summed E-state index contributed by atoms with van der Waals surface area (Å²) in [5, 5.41) is 8.28. The average molecular weight is 505 g/mol. The van der Waals surface area contributed by atoms with Crippen molar-refractivity contribution in [3.8, 4) is 0 Å². The highest BCUT2D eigenvalue weighted by Gasteiger charge is 2.07. The first-order valence-corrected chi connectivity index (χ1v) is 11.0. The van der Waals surface area contributed by atoms with Gasteiger partial charge in [0, 0.05) is 33.4 Å². The Morgan fingerprint density at radius 3 is 1.73 bits per heavy atom. The first-order valence-electron chi connectivity index (χ1n) is 8.31. The van der Waals surface area contributed by atoms with Crippen LogP contribution in [0.15, 0.2) is 69.6 Å². The second kappa shape index (κ2) is 15.1. The molecule has 0 saturated carbocycles. The third-order valence-electron chi connectivity index (χ3n) is 3.06. The molecule has 0 aliphatic rings. The van der Waals surface area contributed by atoms with Crippen LogP contribution < -0.4 is 0 Å². The second-order valence-corrected chi connectivity index (χ2v) is 6.93. The SMILES string of the molecule is CC.CC/C=C(\C=C(/[OH2+])c1ccc(Br)cc1)c1ccc(Br)cc1.CSF. The number of rotatable bonds is 4. The van der Waals surface area contributed by atoms with Gasteiger partial charge in [0.1, 0.15) is 0 Å². The minimum atomic E-state index is 0.250. The van der Waals surface area contributed by atoms with Crippen molar-refractivity contribution in [2.24, 2.45) is 0 Å². The van der Waals surface area contributed by atoms with E-state index in [2.05, 4.69) is 57.0 Å². The molecule has 0 aliphatic heterocycles. The topological polar surface area (TPSA) is 22.9 Å². The molecule has 0 fully saturated rings. The molecule has 0 aromatic heterocycles. The Balaban J connectivity index is 0.00000113. The van der Waals surface area contributed by atoms with Crippen molar-refractivity contribution in [2.45, 2.75) is 27.2 Å². The molecular formula is C21H26Br2FOS+. The molecule has 1 nitrogen and oxygen atoms in total. The molecule has 2 N–H and O–H groups in total. The Bertz CT molecular complexity index is 680. The highest BCUT2D eigenvalue weighted by atomic mass is 79.9. The maximum absolute atomic E-state index is 10.2. The molecule has 0 amide bonds. The number of halogens is 3. The summed E-state index contributed by atoms with van der Waals surface area (Å²) in [6.45, 7) is 6.11. The van der Waals surface area contributed by atoms with Crippen LogP contribution in [0.3, 0.4) is 0 Å². The Kier molecular flexibility index (Phi) is 14.5. The van der Waals surface area contributed by atoms with Crippen molar-refractivity contribution in [1.82, 2.24) is 0 Å². The third-order valence-corrected chi connectivity index (χ3v) is 4.11. The predicted molar refractivity (Wildman–Crippen MR) is 124 cm³/mol. The van der Waals surface area contributed by atoms with Crippen LogP contribution >= 0.6 is 44.0 Å². The Morgan fingerprint density at radius 2 is 1.35 bits per heavy atom. The van der Waals surface area contributed by atoms with Crippen LogP contribution in [-0.2, 0) is 0 Å². The van der Waals surface area contributed by atoms with E-state index >= 15 is 0 Å². The van der Waals surface area contributed by atoms with E-state index in [9.17, 15) is 3.89 Å². The fraction of sp³-hybridized carbons (Fsp3) is 0.238. The molecule has 5 heteroatoms. The number of hydrogen-bond donors (Lipinski definition) is 0. The monoisotopic (exact) mass is 503 g/mol. The average Bonchev–Trinajstić information content (AvgIpc) is 2.65. The third kappa shape index (κ3) is 9.60. The lowest BCUT2D eigenvalue weighted by molar-refractivity contribution is 0.512. The van der Waals surface area contributed by atoms with Gasteiger partial charge in [0.2, 0.25) is 0 Å². The molecule has 0 atom stereocenters. The maximum Gasteiger partial charge on any atom is 0.261 e. The lowest BCUT2D eigenvalue weighted by Crippen LogP contribution is -1.86. The quantitative estimate of drug-likeness (QED) is 0.234. The summed E-state index contributed by atoms with van der Waals surface area (Å²) in [6, 6.07) is 16.0. The van der Waals surface area contributed by atoms with E-state index in [0.717, 1.165) is 32.1 Å². The van der Waals surface area contributed by atoms with Gasteiger partial charge >= 0.3 is 0 Å². The fourth-order valence-electron chi connectivity index (χ4n) is 1.99. The van der Waals surface area contributed by atoms with Crippen LogP contribution in [0.2, 0.25) is 0 Å². The molecule has 2 aromatic carbocycles. The van der Waals surface area contributed by atoms with Gasteiger partial charge in [-0.1, -0.05) is 70.8 Å². The molecule has 0 bridgehead atoms. The summed E-state index contributed by atoms with van der Waals surface area (Å²) in [5.41, 5.74) is 3.12. The number of hydrogen-bond acceptors (Lipinski definition) is 1. The van der Waals surface area contributed by atoms with E-state index in [1.54, 1.807) is 0 Å². The highest BCUT2D eigenvalue weighted by Crippen LogP contribution is 2.24. The zero-order valence-electron chi connectivity index (χ0n) is 15.5. The van der Waals surface area contributed by atoms with Gasteiger partial charge in [-0.2, -0.15) is 3.89 Å². The highest BCUT2D eigenvalue weighted by molar-refractivity contribution is 9.10. The van der Waals surface area contributed by atoms with Crippen molar-refractivity contribution in [1.29, 1.82) is 0 Å². The van der Waals surface area contributed by atoms with Crippen molar-refractivity contribution < 1.29 is 8.99 Å². The van der Waals surface area contributed by atoms with E-state index in [4.69, 9.17) is 5.11 Å². The van der Waals surface area contributed by atoms with E-state index in [0.29, 0.717) is 5.76 Å². The molecule has 26 heavy (non-hydrogen) atoms. The zero-order valence-corrected chi connectivity index (χ0v) is 19.5. The molecule has 0 radical (unpaired) electrons. The van der Waals surface area contributed by atoms with E-state index in [-0.39, 0.29) is 12.1 Å². The first kappa shape index (κ1) is 25.0. The van der Waals surface area contributed by atoms with Crippen molar-refractivity contribution >= 4 is 55.3 Å². The van der Waals surface area contributed by atoms with Gasteiger partial charge in [-0.15, -0.1) is 0 Å². The minimum Gasteiger partial charge on any atom is -0.593 e. The van der Waals surface area contributed by atoms with Crippen LogP contribution in [0.1, 0.15) is 38.3 Å². The summed E-state index contributed by atoms with van der Waals surface area (Å²) in [6.07, 6.45) is 6.39. The number of allylic oxidation sites excluding steroid dienone is 3. The molecule has 142 valence electrons. The molecule has 0 aliphatic carbocycles. The largest absolute Gasteiger partial charge is 0.593 e. The lowest BCUT2D eigenvalue weighted by atomic mass is 10.0. The van der Waals surface area contributed by atoms with Crippen LogP contribution in [0.4, 0.5) is 3.89 Å². The van der Waals surface area contributed by atoms with Gasteiger partial charge in [-0.05, 0) is 54.0 Å². The smallest absolute Gasteiger partial charge is 0.261 e. The molecule has 0 saturated heterocycles. The van der Waals surface area contributed by atoms with Gasteiger partial charge in [-0.25, -0.2) is 0 Å². The van der Waals surface area contributed by atoms with Gasteiger partial charge in [0.25, 0.3) is 5.76 Å². The zero-order chi connectivity index (χ0) is 19.9. The van der Waals surface area contributed by atoms with Crippen molar-refractivity contribution in [2.75, 3.05) is 6.26 Å². The summed E-state index contributed by atoms with van der Waals surface area (Å²) in [4.78, 5) is 0. The Hall–Kier alpha value is -1.04. The van der Waals surface area contributed by atoms with Gasteiger partial charge in [-0.3, -0.25) is 0 Å². The predicted octanol–water partition coefficient (Wildman–Crippen LogP) is 8.03. The molecule has 0 heterocycles. The normalized spacial score (nSPS) is 11.0. The maximum atomic E-state index is 10.2. The first-order chi connectivity index (χ1) is 12.5. The van der Waals surface area contributed by atoms with E-state index in [1.807, 2.05) is 56.3 Å². The second-order valence-electron chi connectivity index (χ2n) is 4.79.